The molecule has 84 valence electrons. The van der Waals surface area contributed by atoms with E-state index in [0.717, 1.165) is 5.56 Å². The van der Waals surface area contributed by atoms with Crippen molar-refractivity contribution < 1.29 is 18.1 Å². The summed E-state index contributed by atoms with van der Waals surface area (Å²) < 4.78 is 31.2. The van der Waals surface area contributed by atoms with Crippen molar-refractivity contribution in [2.75, 3.05) is 0 Å². The molecule has 0 fully saturated rings. The molecule has 0 bridgehead atoms. The molecule has 4 nitrogen and oxygen atoms in total. The molecule has 0 aromatic heterocycles. The summed E-state index contributed by atoms with van der Waals surface area (Å²) in [6.07, 6.45) is 0. The Morgan fingerprint density at radius 3 is 1.87 bits per heavy atom. The first-order chi connectivity index (χ1) is 6.73. The van der Waals surface area contributed by atoms with Gasteiger partial charge in [-0.2, -0.15) is 0 Å². The van der Waals surface area contributed by atoms with Gasteiger partial charge in [-0.3, -0.25) is 0 Å². The Balaban J connectivity index is 0.000000423. The summed E-state index contributed by atoms with van der Waals surface area (Å²) in [5.41, 5.74) is 0.928. The molecular formula is C10H12O4S-2. The quantitative estimate of drug-likeness (QED) is 0.525. The molecule has 0 atom stereocenters. The highest BCUT2D eigenvalue weighted by Gasteiger charge is 1.97. The molecule has 0 unspecified atom stereocenters. The Bertz CT molecular complexity index is 413. The van der Waals surface area contributed by atoms with Gasteiger partial charge in [-0.05, 0) is 19.1 Å². The van der Waals surface area contributed by atoms with Crippen molar-refractivity contribution in [1.29, 1.82) is 0 Å². The number of hydrogen-bond donors (Lipinski definition) is 0. The number of benzene rings is 1. The topological polar surface area (TPSA) is 80.3 Å². The lowest BCUT2D eigenvalue weighted by atomic mass is 10.2. The van der Waals surface area contributed by atoms with E-state index in [9.17, 15) is 18.1 Å². The lowest BCUT2D eigenvalue weighted by Crippen LogP contribution is -1.97. The standard InChI is InChI=1S/C7H8O3S.C3H6O/c1-6-2-4-7(5-3-6)11(8,9)10;1-3(2)4/h2-5H,1H3,(H,8,9,10);4H,1H2,2H3/p-2. The highest BCUT2D eigenvalue weighted by molar-refractivity contribution is 7.85. The van der Waals surface area contributed by atoms with Crippen molar-refractivity contribution in [1.82, 2.24) is 0 Å². The monoisotopic (exact) mass is 228 g/mol. The molecular weight excluding hydrogens is 216 g/mol. The van der Waals surface area contributed by atoms with Crippen LogP contribution in [-0.4, -0.2) is 13.0 Å². The van der Waals surface area contributed by atoms with Gasteiger partial charge in [0.2, 0.25) is 0 Å². The van der Waals surface area contributed by atoms with E-state index in [-0.39, 0.29) is 10.7 Å². The zero-order valence-electron chi connectivity index (χ0n) is 8.56. The Morgan fingerprint density at radius 2 is 1.60 bits per heavy atom. The van der Waals surface area contributed by atoms with E-state index in [1.54, 1.807) is 12.1 Å². The smallest absolute Gasteiger partial charge is 0.124 e. The predicted molar refractivity (Wildman–Crippen MR) is 54.0 cm³/mol. The number of aryl methyl sites for hydroxylation is 1. The summed E-state index contributed by atoms with van der Waals surface area (Å²) in [5, 5.41) is 9.33. The van der Waals surface area contributed by atoms with Crippen LogP contribution in [0.15, 0.2) is 41.5 Å². The molecule has 0 aliphatic heterocycles. The summed E-state index contributed by atoms with van der Waals surface area (Å²) in [4.78, 5) is -0.178. The largest absolute Gasteiger partial charge is 0.876 e. The molecule has 0 aliphatic rings. The Labute approximate surface area is 89.6 Å². The summed E-state index contributed by atoms with van der Waals surface area (Å²) in [7, 11) is -4.27. The second-order valence-corrected chi connectivity index (χ2v) is 4.35. The predicted octanol–water partition coefficient (Wildman–Crippen LogP) is 0.779. The van der Waals surface area contributed by atoms with Crippen molar-refractivity contribution in [3.63, 3.8) is 0 Å². The molecule has 5 heteroatoms. The van der Waals surface area contributed by atoms with Crippen LogP contribution >= 0.6 is 0 Å². The van der Waals surface area contributed by atoms with Crippen LogP contribution in [0.25, 0.3) is 0 Å². The van der Waals surface area contributed by atoms with Crippen molar-refractivity contribution >= 4 is 10.1 Å². The van der Waals surface area contributed by atoms with Crippen LogP contribution in [0.2, 0.25) is 0 Å². The molecule has 1 aromatic carbocycles. The highest BCUT2D eigenvalue weighted by atomic mass is 32.2. The van der Waals surface area contributed by atoms with E-state index in [1.165, 1.54) is 19.1 Å². The van der Waals surface area contributed by atoms with E-state index in [4.69, 9.17) is 0 Å². The number of rotatable bonds is 1. The van der Waals surface area contributed by atoms with Crippen LogP contribution in [0.3, 0.4) is 0 Å². The van der Waals surface area contributed by atoms with Crippen LogP contribution in [0.1, 0.15) is 12.5 Å². The van der Waals surface area contributed by atoms with Gasteiger partial charge in [-0.15, -0.1) is 12.3 Å². The SMILES string of the molecule is C=C(C)[O-].Cc1ccc(S(=O)(=O)[O-])cc1. The molecule has 0 heterocycles. The summed E-state index contributed by atoms with van der Waals surface area (Å²) in [6.45, 7) is 6.24. The maximum atomic E-state index is 10.4. The summed E-state index contributed by atoms with van der Waals surface area (Å²) in [6, 6.07) is 5.78. The zero-order valence-corrected chi connectivity index (χ0v) is 9.37. The lowest BCUT2D eigenvalue weighted by Gasteiger charge is -2.05. The third-order valence-electron chi connectivity index (χ3n) is 1.31. The molecule has 1 rings (SSSR count). The molecule has 0 spiro atoms. The first-order valence-corrected chi connectivity index (χ1v) is 5.49. The van der Waals surface area contributed by atoms with Gasteiger partial charge in [0.15, 0.2) is 0 Å². The van der Waals surface area contributed by atoms with Crippen LogP contribution in [0, 0.1) is 6.92 Å². The normalized spacial score (nSPS) is 10.1. The molecule has 15 heavy (non-hydrogen) atoms. The fourth-order valence-electron chi connectivity index (χ4n) is 0.705. The van der Waals surface area contributed by atoms with E-state index in [0.29, 0.717) is 0 Å². The maximum absolute atomic E-state index is 10.4. The molecule has 0 radical (unpaired) electrons. The second-order valence-electron chi connectivity index (χ2n) is 2.97. The minimum atomic E-state index is -4.27. The van der Waals surface area contributed by atoms with Crippen molar-refractivity contribution in [2.45, 2.75) is 18.7 Å². The first kappa shape index (κ1) is 13.7. The van der Waals surface area contributed by atoms with Crippen molar-refractivity contribution in [3.05, 3.63) is 42.2 Å². The fourth-order valence-corrected chi connectivity index (χ4v) is 1.17. The van der Waals surface area contributed by atoms with Gasteiger partial charge in [0, 0.05) is 0 Å². The Kier molecular flexibility index (Phi) is 5.04. The van der Waals surface area contributed by atoms with Gasteiger partial charge >= 0.3 is 0 Å². The highest BCUT2D eigenvalue weighted by Crippen LogP contribution is 2.08. The van der Waals surface area contributed by atoms with Crippen LogP contribution in [0.4, 0.5) is 0 Å². The second kappa shape index (κ2) is 5.53. The average molecular weight is 228 g/mol. The van der Waals surface area contributed by atoms with E-state index < -0.39 is 10.1 Å². The zero-order chi connectivity index (χ0) is 12.1. The van der Waals surface area contributed by atoms with Gasteiger partial charge in [0.05, 0.1) is 4.90 Å². The van der Waals surface area contributed by atoms with Crippen molar-refractivity contribution in [2.24, 2.45) is 0 Å². The lowest BCUT2D eigenvalue weighted by molar-refractivity contribution is -0.300. The molecule has 0 amide bonds. The van der Waals surface area contributed by atoms with Gasteiger partial charge in [-0.1, -0.05) is 24.6 Å². The Morgan fingerprint density at radius 1 is 1.27 bits per heavy atom. The minimum Gasteiger partial charge on any atom is -0.876 e. The van der Waals surface area contributed by atoms with Crippen molar-refractivity contribution in [3.8, 4) is 0 Å². The van der Waals surface area contributed by atoms with E-state index in [2.05, 4.69) is 6.58 Å². The molecule has 1 aromatic rings. The number of allylic oxidation sites excluding steroid dienone is 1. The maximum Gasteiger partial charge on any atom is 0.124 e. The van der Waals surface area contributed by atoms with Gasteiger partial charge in [-0.25, -0.2) is 8.42 Å². The third kappa shape index (κ3) is 6.70. The minimum absolute atomic E-state index is 0.0833. The molecule has 0 N–H and O–H groups in total. The summed E-state index contributed by atoms with van der Waals surface area (Å²) >= 11 is 0. The van der Waals surface area contributed by atoms with Crippen LogP contribution < -0.4 is 5.11 Å². The van der Waals surface area contributed by atoms with Gasteiger partial charge in [0.25, 0.3) is 0 Å². The van der Waals surface area contributed by atoms with E-state index in [1.807, 2.05) is 6.92 Å². The van der Waals surface area contributed by atoms with Crippen LogP contribution in [-0.2, 0) is 10.1 Å². The molecule has 0 saturated heterocycles. The summed E-state index contributed by atoms with van der Waals surface area (Å²) in [5.74, 6) is -0.0833. The Hall–Kier alpha value is -1.33. The van der Waals surface area contributed by atoms with Gasteiger partial charge < -0.3 is 9.66 Å². The molecule has 0 saturated carbocycles. The first-order valence-electron chi connectivity index (χ1n) is 4.08. The van der Waals surface area contributed by atoms with Crippen LogP contribution in [0.5, 0.6) is 0 Å². The molecule has 0 aliphatic carbocycles. The third-order valence-corrected chi connectivity index (χ3v) is 2.16. The average Bonchev–Trinajstić information content (AvgIpc) is 2.01. The number of hydrogen-bond acceptors (Lipinski definition) is 4. The van der Waals surface area contributed by atoms with Gasteiger partial charge in [0.1, 0.15) is 10.1 Å². The fraction of sp³-hybridized carbons (Fsp3) is 0.200. The van der Waals surface area contributed by atoms with E-state index >= 15 is 0 Å².